The van der Waals surface area contributed by atoms with Crippen LogP contribution in [0, 0.1) is 0 Å². The highest BCUT2D eigenvalue weighted by Crippen LogP contribution is 2.32. The van der Waals surface area contributed by atoms with E-state index in [1.165, 1.54) is 13.8 Å². The third-order valence-electron chi connectivity index (χ3n) is 2.41. The van der Waals surface area contributed by atoms with E-state index in [2.05, 4.69) is 5.32 Å². The number of ether oxygens (including phenoxy) is 2. The highest BCUT2D eigenvalue weighted by atomic mass is 16.5. The second kappa shape index (κ2) is 4.55. The van der Waals surface area contributed by atoms with E-state index in [1.807, 2.05) is 0 Å². The molecule has 0 aliphatic carbocycles. The van der Waals surface area contributed by atoms with Gasteiger partial charge in [0.2, 0.25) is 0 Å². The number of carbonyl (C=O) groups excluding carboxylic acids is 2. The maximum Gasteiger partial charge on any atom is 0.308 e. The average Bonchev–Trinajstić information content (AvgIpc) is 2.63. The minimum atomic E-state index is -0.398. The maximum atomic E-state index is 11.0. The van der Waals surface area contributed by atoms with Crippen molar-refractivity contribution in [1.29, 1.82) is 0 Å². The van der Waals surface area contributed by atoms with Crippen LogP contribution in [0.1, 0.15) is 25.0 Å². The van der Waals surface area contributed by atoms with Crippen molar-refractivity contribution in [3.63, 3.8) is 0 Å². The Labute approximate surface area is 98.7 Å². The molecule has 0 radical (unpaired) electrons. The molecule has 5 heteroatoms. The second-order valence-corrected chi connectivity index (χ2v) is 3.85. The predicted octanol–water partition coefficient (Wildman–Crippen LogP) is 1.14. The lowest BCUT2D eigenvalue weighted by atomic mass is 10.1. The number of hydrogen-bond donors (Lipinski definition) is 1. The number of fused-ring (bicyclic) bond motifs is 1. The number of esters is 2. The van der Waals surface area contributed by atoms with E-state index in [4.69, 9.17) is 9.47 Å². The molecule has 1 aliphatic rings. The smallest absolute Gasteiger partial charge is 0.308 e. The van der Waals surface area contributed by atoms with Gasteiger partial charge in [0.1, 0.15) is 11.5 Å². The number of hydrogen-bond acceptors (Lipinski definition) is 5. The summed E-state index contributed by atoms with van der Waals surface area (Å²) in [5, 5.41) is 3.15. The summed E-state index contributed by atoms with van der Waals surface area (Å²) in [4.78, 5) is 21.9. The fraction of sp³-hybridized carbons (Fsp3) is 0.333. The highest BCUT2D eigenvalue weighted by molar-refractivity contribution is 5.72. The molecular formula is C12H13NO4. The van der Waals surface area contributed by atoms with Crippen LogP contribution in [0.3, 0.4) is 0 Å². The van der Waals surface area contributed by atoms with Crippen LogP contribution in [0.2, 0.25) is 0 Å². The third-order valence-corrected chi connectivity index (χ3v) is 2.41. The number of benzene rings is 1. The molecule has 1 aromatic carbocycles. The Kier molecular flexibility index (Phi) is 3.10. The number of nitrogens with one attached hydrogen (secondary N) is 1. The monoisotopic (exact) mass is 235 g/mol. The van der Waals surface area contributed by atoms with E-state index in [0.29, 0.717) is 24.6 Å². The highest BCUT2D eigenvalue weighted by Gasteiger charge is 2.19. The molecule has 5 nitrogen and oxygen atoms in total. The van der Waals surface area contributed by atoms with Gasteiger partial charge < -0.3 is 14.8 Å². The molecular weight excluding hydrogens is 222 g/mol. The molecule has 0 fully saturated rings. The van der Waals surface area contributed by atoms with Crippen LogP contribution in [-0.2, 0) is 22.7 Å². The molecule has 0 unspecified atom stereocenters. The fourth-order valence-corrected chi connectivity index (χ4v) is 1.83. The lowest BCUT2D eigenvalue weighted by Crippen LogP contribution is -2.06. The van der Waals surface area contributed by atoms with Crippen LogP contribution in [0.5, 0.6) is 11.5 Å². The van der Waals surface area contributed by atoms with Gasteiger partial charge in [-0.3, -0.25) is 9.59 Å². The largest absolute Gasteiger partial charge is 0.427 e. The van der Waals surface area contributed by atoms with Crippen LogP contribution in [0.4, 0.5) is 0 Å². The second-order valence-electron chi connectivity index (χ2n) is 3.85. The first-order valence-corrected chi connectivity index (χ1v) is 5.29. The Morgan fingerprint density at radius 2 is 1.82 bits per heavy atom. The third kappa shape index (κ3) is 2.62. The van der Waals surface area contributed by atoms with Crippen molar-refractivity contribution in [3.8, 4) is 11.5 Å². The van der Waals surface area contributed by atoms with Crippen LogP contribution in [0.15, 0.2) is 12.1 Å². The van der Waals surface area contributed by atoms with Crippen molar-refractivity contribution >= 4 is 11.9 Å². The molecule has 0 atom stereocenters. The molecule has 0 saturated heterocycles. The van der Waals surface area contributed by atoms with Crippen LogP contribution in [0.25, 0.3) is 0 Å². The van der Waals surface area contributed by atoms with Gasteiger partial charge in [-0.25, -0.2) is 0 Å². The molecule has 1 heterocycles. The Bertz CT molecular complexity index is 482. The molecule has 0 spiro atoms. The van der Waals surface area contributed by atoms with Gasteiger partial charge in [-0.15, -0.1) is 0 Å². The van der Waals surface area contributed by atoms with Crippen molar-refractivity contribution in [1.82, 2.24) is 5.32 Å². The molecule has 1 aromatic rings. The first kappa shape index (κ1) is 11.6. The van der Waals surface area contributed by atoms with Crippen molar-refractivity contribution in [3.05, 3.63) is 23.3 Å². The van der Waals surface area contributed by atoms with Gasteiger partial charge in [-0.05, 0) is 11.6 Å². The van der Waals surface area contributed by atoms with E-state index >= 15 is 0 Å². The first-order valence-electron chi connectivity index (χ1n) is 5.29. The van der Waals surface area contributed by atoms with Crippen molar-refractivity contribution in [2.75, 3.05) is 0 Å². The lowest BCUT2D eigenvalue weighted by molar-refractivity contribution is -0.132. The van der Waals surface area contributed by atoms with Gasteiger partial charge in [0.05, 0.1) is 0 Å². The zero-order chi connectivity index (χ0) is 12.4. The Hall–Kier alpha value is -1.88. The van der Waals surface area contributed by atoms with Crippen LogP contribution >= 0.6 is 0 Å². The molecule has 0 saturated carbocycles. The van der Waals surface area contributed by atoms with E-state index in [1.54, 1.807) is 12.1 Å². The SMILES string of the molecule is CC(=O)Oc1cc2c(c(OC(C)=O)c1)CNC2. The Balaban J connectivity index is 2.38. The molecule has 0 aromatic heterocycles. The molecule has 0 amide bonds. The fourth-order valence-electron chi connectivity index (χ4n) is 1.83. The Morgan fingerprint density at radius 3 is 2.47 bits per heavy atom. The van der Waals surface area contributed by atoms with E-state index in [0.717, 1.165) is 11.1 Å². The summed E-state index contributed by atoms with van der Waals surface area (Å²) in [5.74, 6) is 0.0659. The minimum Gasteiger partial charge on any atom is -0.427 e. The molecule has 0 bridgehead atoms. The molecule has 1 N–H and O–H groups in total. The zero-order valence-electron chi connectivity index (χ0n) is 9.70. The summed E-state index contributed by atoms with van der Waals surface area (Å²) in [6, 6.07) is 3.35. The van der Waals surface area contributed by atoms with Crippen molar-refractivity contribution in [2.24, 2.45) is 0 Å². The summed E-state index contributed by atoms with van der Waals surface area (Å²) in [6.07, 6.45) is 0. The summed E-state index contributed by atoms with van der Waals surface area (Å²) < 4.78 is 10.1. The minimum absolute atomic E-state index is 0.390. The lowest BCUT2D eigenvalue weighted by Gasteiger charge is -2.10. The molecule has 2 rings (SSSR count). The van der Waals surface area contributed by atoms with E-state index < -0.39 is 5.97 Å². The summed E-state index contributed by atoms with van der Waals surface area (Å²) in [6.45, 7) is 4.00. The average molecular weight is 235 g/mol. The summed E-state index contributed by atoms with van der Waals surface area (Å²) >= 11 is 0. The zero-order valence-corrected chi connectivity index (χ0v) is 9.70. The van der Waals surface area contributed by atoms with Gasteiger partial charge in [0, 0.05) is 38.6 Å². The van der Waals surface area contributed by atoms with Gasteiger partial charge in [0.25, 0.3) is 0 Å². The molecule has 1 aliphatic heterocycles. The quantitative estimate of drug-likeness (QED) is 0.615. The van der Waals surface area contributed by atoms with Crippen LogP contribution in [-0.4, -0.2) is 11.9 Å². The van der Waals surface area contributed by atoms with Gasteiger partial charge in [-0.1, -0.05) is 0 Å². The topological polar surface area (TPSA) is 64.6 Å². The Morgan fingerprint density at radius 1 is 1.12 bits per heavy atom. The summed E-state index contributed by atoms with van der Waals surface area (Å²) in [5.41, 5.74) is 1.93. The summed E-state index contributed by atoms with van der Waals surface area (Å²) in [7, 11) is 0. The van der Waals surface area contributed by atoms with Crippen molar-refractivity contribution < 1.29 is 19.1 Å². The van der Waals surface area contributed by atoms with E-state index in [-0.39, 0.29) is 5.97 Å². The van der Waals surface area contributed by atoms with Crippen LogP contribution < -0.4 is 14.8 Å². The number of rotatable bonds is 2. The normalized spacial score (nSPS) is 13.1. The van der Waals surface area contributed by atoms with Gasteiger partial charge >= 0.3 is 11.9 Å². The van der Waals surface area contributed by atoms with Gasteiger partial charge in [0.15, 0.2) is 0 Å². The standard InChI is InChI=1S/C12H13NO4/c1-7(14)16-10-3-9-5-13-6-11(9)12(4-10)17-8(2)15/h3-4,13H,5-6H2,1-2H3. The maximum absolute atomic E-state index is 11.0. The molecule has 90 valence electrons. The van der Waals surface area contributed by atoms with Gasteiger partial charge in [-0.2, -0.15) is 0 Å². The van der Waals surface area contributed by atoms with Crippen molar-refractivity contribution in [2.45, 2.75) is 26.9 Å². The van der Waals surface area contributed by atoms with E-state index in [9.17, 15) is 9.59 Å². The first-order chi connectivity index (χ1) is 8.06. The predicted molar refractivity (Wildman–Crippen MR) is 59.6 cm³/mol. The molecule has 17 heavy (non-hydrogen) atoms. The number of carbonyl (C=O) groups is 2.